The van der Waals surface area contributed by atoms with Crippen LogP contribution in [0.5, 0.6) is 17.2 Å². The van der Waals surface area contributed by atoms with Crippen LogP contribution in [0.1, 0.15) is 5.56 Å². The van der Waals surface area contributed by atoms with Crippen LogP contribution in [0.3, 0.4) is 0 Å². The summed E-state index contributed by atoms with van der Waals surface area (Å²) in [4.78, 5) is 8.68. The van der Waals surface area contributed by atoms with Gasteiger partial charge in [0.2, 0.25) is 0 Å². The molecular weight excluding hydrogens is 389 g/mol. The first-order valence-corrected chi connectivity index (χ1v) is 9.12. The van der Waals surface area contributed by atoms with Gasteiger partial charge in [-0.15, -0.1) is 0 Å². The number of benzene rings is 2. The minimum absolute atomic E-state index is 0.309. The molecule has 0 aliphatic carbocycles. The quantitative estimate of drug-likeness (QED) is 0.499. The predicted molar refractivity (Wildman–Crippen MR) is 110 cm³/mol. The molecule has 2 heterocycles. The highest BCUT2D eigenvalue weighted by molar-refractivity contribution is 5.87. The molecule has 0 unspecified atom stereocenters. The molecule has 2 aromatic carbocycles. The smallest absolute Gasteiger partial charge is 0.168 e. The molecule has 0 bridgehead atoms. The van der Waals surface area contributed by atoms with Crippen LogP contribution in [0, 0.1) is 5.82 Å². The molecule has 8 nitrogen and oxygen atoms in total. The van der Waals surface area contributed by atoms with Crippen molar-refractivity contribution in [3.8, 4) is 22.9 Å². The molecule has 0 fully saturated rings. The summed E-state index contributed by atoms with van der Waals surface area (Å²) in [6, 6.07) is 9.68. The van der Waals surface area contributed by atoms with Gasteiger partial charge < -0.3 is 19.5 Å². The molecule has 0 spiro atoms. The van der Waals surface area contributed by atoms with Crippen molar-refractivity contribution in [2.24, 2.45) is 0 Å². The van der Waals surface area contributed by atoms with Crippen molar-refractivity contribution in [3.05, 3.63) is 60.3 Å². The maximum absolute atomic E-state index is 13.2. The number of rotatable bonds is 7. The zero-order chi connectivity index (χ0) is 21.1. The van der Waals surface area contributed by atoms with Crippen molar-refractivity contribution in [3.63, 3.8) is 0 Å². The molecule has 0 saturated carbocycles. The van der Waals surface area contributed by atoms with Crippen LogP contribution in [-0.2, 0) is 6.54 Å². The molecule has 154 valence electrons. The summed E-state index contributed by atoms with van der Waals surface area (Å²) >= 11 is 0. The van der Waals surface area contributed by atoms with E-state index in [-0.39, 0.29) is 5.82 Å². The molecule has 2 aromatic heterocycles. The van der Waals surface area contributed by atoms with E-state index in [4.69, 9.17) is 14.2 Å². The van der Waals surface area contributed by atoms with Gasteiger partial charge in [0.1, 0.15) is 23.7 Å². The monoisotopic (exact) mass is 409 g/mol. The molecule has 9 heteroatoms. The Kier molecular flexibility index (Phi) is 5.34. The largest absolute Gasteiger partial charge is 0.496 e. The van der Waals surface area contributed by atoms with E-state index in [2.05, 4.69) is 20.4 Å². The van der Waals surface area contributed by atoms with Crippen molar-refractivity contribution in [2.75, 3.05) is 26.6 Å². The first-order valence-electron chi connectivity index (χ1n) is 9.12. The summed E-state index contributed by atoms with van der Waals surface area (Å²) < 4.78 is 31.1. The molecule has 0 aliphatic heterocycles. The maximum Gasteiger partial charge on any atom is 0.168 e. The lowest BCUT2D eigenvalue weighted by atomic mass is 10.1. The first kappa shape index (κ1) is 19.4. The minimum Gasteiger partial charge on any atom is -0.496 e. The second-order valence-corrected chi connectivity index (χ2v) is 6.36. The third-order valence-corrected chi connectivity index (χ3v) is 4.67. The third kappa shape index (κ3) is 3.57. The molecule has 0 amide bonds. The van der Waals surface area contributed by atoms with Crippen LogP contribution in [0.25, 0.3) is 16.7 Å². The fourth-order valence-electron chi connectivity index (χ4n) is 3.17. The van der Waals surface area contributed by atoms with E-state index in [1.54, 1.807) is 50.4 Å². The van der Waals surface area contributed by atoms with Crippen LogP contribution in [0.15, 0.2) is 48.9 Å². The molecule has 0 atom stereocenters. The van der Waals surface area contributed by atoms with E-state index in [0.717, 1.165) is 10.9 Å². The van der Waals surface area contributed by atoms with E-state index >= 15 is 0 Å². The molecule has 30 heavy (non-hydrogen) atoms. The minimum atomic E-state index is -0.309. The second-order valence-electron chi connectivity index (χ2n) is 6.36. The van der Waals surface area contributed by atoms with E-state index in [1.807, 2.05) is 6.07 Å². The number of anilines is 1. The van der Waals surface area contributed by atoms with Crippen molar-refractivity contribution in [1.82, 2.24) is 19.7 Å². The van der Waals surface area contributed by atoms with Crippen LogP contribution >= 0.6 is 0 Å². The molecule has 4 aromatic rings. The molecule has 0 saturated heterocycles. The number of aromatic nitrogens is 4. The molecule has 0 aliphatic rings. The number of hydrogen-bond acceptors (Lipinski definition) is 7. The summed E-state index contributed by atoms with van der Waals surface area (Å²) in [5.74, 6) is 2.16. The van der Waals surface area contributed by atoms with Gasteiger partial charge in [-0.25, -0.2) is 19.0 Å². The Morgan fingerprint density at radius 3 is 2.33 bits per heavy atom. The highest BCUT2D eigenvalue weighted by atomic mass is 19.1. The predicted octanol–water partition coefficient (Wildman–Crippen LogP) is 3.59. The highest BCUT2D eigenvalue weighted by Crippen LogP contribution is 2.35. The van der Waals surface area contributed by atoms with Gasteiger partial charge in [0, 0.05) is 18.2 Å². The summed E-state index contributed by atoms with van der Waals surface area (Å²) in [6.45, 7) is 0.428. The van der Waals surface area contributed by atoms with E-state index < -0.39 is 0 Å². The summed E-state index contributed by atoms with van der Waals surface area (Å²) in [5.41, 5.74) is 2.18. The first-order chi connectivity index (χ1) is 14.6. The average Bonchev–Trinajstić information content (AvgIpc) is 3.22. The van der Waals surface area contributed by atoms with Gasteiger partial charge in [-0.2, -0.15) is 5.10 Å². The number of methoxy groups -OCH3 is 3. The fourth-order valence-corrected chi connectivity index (χ4v) is 3.17. The van der Waals surface area contributed by atoms with Crippen molar-refractivity contribution < 1.29 is 18.6 Å². The van der Waals surface area contributed by atoms with Crippen LogP contribution in [0.4, 0.5) is 10.2 Å². The summed E-state index contributed by atoms with van der Waals surface area (Å²) in [5, 5.41) is 8.42. The van der Waals surface area contributed by atoms with E-state index in [0.29, 0.717) is 40.9 Å². The molecule has 1 N–H and O–H groups in total. The van der Waals surface area contributed by atoms with E-state index in [9.17, 15) is 4.39 Å². The Bertz CT molecular complexity index is 1180. The Morgan fingerprint density at radius 1 is 0.933 bits per heavy atom. The standard InChI is InChI=1S/C21H20FN5O3/c1-28-17-9-19(30-3)18(29-2)8-13(17)10-23-20-16-11-26-27(21(16)25-12-24-20)15-6-4-14(22)5-7-15/h4-9,11-12H,10H2,1-3H3,(H,23,24,25). The van der Waals surface area contributed by atoms with E-state index in [1.165, 1.54) is 18.5 Å². The van der Waals surface area contributed by atoms with Gasteiger partial charge in [-0.05, 0) is 30.3 Å². The number of ether oxygens (including phenoxy) is 3. The van der Waals surface area contributed by atoms with Crippen LogP contribution < -0.4 is 19.5 Å². The van der Waals surface area contributed by atoms with Gasteiger partial charge in [0.25, 0.3) is 0 Å². The van der Waals surface area contributed by atoms with Crippen molar-refractivity contribution in [2.45, 2.75) is 6.54 Å². The Morgan fingerprint density at radius 2 is 1.63 bits per heavy atom. The van der Waals surface area contributed by atoms with Crippen LogP contribution in [0.2, 0.25) is 0 Å². The lowest BCUT2D eigenvalue weighted by Crippen LogP contribution is -2.05. The summed E-state index contributed by atoms with van der Waals surface area (Å²) in [6.07, 6.45) is 3.13. The lowest BCUT2D eigenvalue weighted by molar-refractivity contribution is 0.347. The Hall–Kier alpha value is -3.88. The number of nitrogens with one attached hydrogen (secondary N) is 1. The normalized spacial score (nSPS) is 10.8. The molecular formula is C21H20FN5O3. The highest BCUT2D eigenvalue weighted by Gasteiger charge is 2.14. The molecule has 0 radical (unpaired) electrons. The van der Waals surface area contributed by atoms with Gasteiger partial charge in [0.05, 0.1) is 38.6 Å². The van der Waals surface area contributed by atoms with Gasteiger partial charge in [-0.1, -0.05) is 0 Å². The number of halogens is 1. The van der Waals surface area contributed by atoms with Crippen molar-refractivity contribution >= 4 is 16.9 Å². The van der Waals surface area contributed by atoms with Crippen molar-refractivity contribution in [1.29, 1.82) is 0 Å². The second kappa shape index (κ2) is 8.24. The zero-order valence-electron chi connectivity index (χ0n) is 16.7. The van der Waals surface area contributed by atoms with Gasteiger partial charge >= 0.3 is 0 Å². The topological polar surface area (TPSA) is 83.3 Å². The Balaban J connectivity index is 1.65. The SMILES string of the molecule is COc1cc(OC)c(OC)cc1CNc1ncnc2c1cnn2-c1ccc(F)cc1. The van der Waals surface area contributed by atoms with Crippen LogP contribution in [-0.4, -0.2) is 41.1 Å². The van der Waals surface area contributed by atoms with Gasteiger partial charge in [-0.3, -0.25) is 0 Å². The lowest BCUT2D eigenvalue weighted by Gasteiger charge is -2.15. The number of fused-ring (bicyclic) bond motifs is 1. The molecule has 4 rings (SSSR count). The van der Waals surface area contributed by atoms with Gasteiger partial charge in [0.15, 0.2) is 17.1 Å². The fraction of sp³-hybridized carbons (Fsp3) is 0.190. The number of hydrogen-bond donors (Lipinski definition) is 1. The third-order valence-electron chi connectivity index (χ3n) is 4.67. The maximum atomic E-state index is 13.2. The number of nitrogens with zero attached hydrogens (tertiary/aromatic N) is 4. The zero-order valence-corrected chi connectivity index (χ0v) is 16.7. The Labute approximate surface area is 172 Å². The summed E-state index contributed by atoms with van der Waals surface area (Å²) in [7, 11) is 4.76. The average molecular weight is 409 g/mol.